The molecular formula is C25H27ClN2O. The summed E-state index contributed by atoms with van der Waals surface area (Å²) in [6, 6.07) is 15.2. The van der Waals surface area contributed by atoms with Crippen LogP contribution in [0.2, 0.25) is 0 Å². The SMILES string of the molecule is C=C1C=C(Cl)C=C(C(O)C2CCC(c3cccc4ccccc34)CC2)N1C=NC. The topological polar surface area (TPSA) is 35.8 Å². The summed E-state index contributed by atoms with van der Waals surface area (Å²) in [5.41, 5.74) is 2.93. The second-order valence-electron chi connectivity index (χ2n) is 7.96. The van der Waals surface area contributed by atoms with Crippen LogP contribution in [0.3, 0.4) is 0 Å². The highest BCUT2D eigenvalue weighted by Crippen LogP contribution is 2.41. The lowest BCUT2D eigenvalue weighted by Crippen LogP contribution is -2.35. The van der Waals surface area contributed by atoms with Crippen molar-refractivity contribution in [3.8, 4) is 0 Å². The first kappa shape index (κ1) is 19.9. The summed E-state index contributed by atoms with van der Waals surface area (Å²) < 4.78 is 0. The molecule has 1 heterocycles. The number of fused-ring (bicyclic) bond motifs is 1. The van der Waals surface area contributed by atoms with E-state index in [0.717, 1.165) is 37.1 Å². The van der Waals surface area contributed by atoms with Gasteiger partial charge in [0.1, 0.15) is 0 Å². The van der Waals surface area contributed by atoms with Gasteiger partial charge in [0.2, 0.25) is 0 Å². The van der Waals surface area contributed by atoms with Crippen molar-refractivity contribution in [2.45, 2.75) is 37.7 Å². The van der Waals surface area contributed by atoms with Gasteiger partial charge in [-0.3, -0.25) is 4.99 Å². The molecule has 1 aliphatic carbocycles. The van der Waals surface area contributed by atoms with Crippen LogP contribution in [-0.4, -0.2) is 29.5 Å². The number of rotatable bonds is 4. The van der Waals surface area contributed by atoms with Gasteiger partial charge in [0.25, 0.3) is 0 Å². The Morgan fingerprint density at radius 1 is 1.10 bits per heavy atom. The minimum Gasteiger partial charge on any atom is -0.387 e. The molecule has 1 atom stereocenters. The Morgan fingerprint density at radius 2 is 1.83 bits per heavy atom. The number of hydrogen-bond acceptors (Lipinski definition) is 2. The fraction of sp³-hybridized carbons (Fsp3) is 0.320. The molecule has 4 rings (SSSR count). The van der Waals surface area contributed by atoms with Gasteiger partial charge in [0.05, 0.1) is 18.1 Å². The summed E-state index contributed by atoms with van der Waals surface area (Å²) in [5.74, 6) is 0.743. The molecule has 1 unspecified atom stereocenters. The van der Waals surface area contributed by atoms with E-state index in [1.807, 2.05) is 11.0 Å². The van der Waals surface area contributed by atoms with Gasteiger partial charge < -0.3 is 10.0 Å². The maximum Gasteiger partial charge on any atom is 0.0972 e. The van der Waals surface area contributed by atoms with E-state index in [2.05, 4.69) is 54.0 Å². The Labute approximate surface area is 177 Å². The van der Waals surface area contributed by atoms with Crippen molar-refractivity contribution >= 4 is 28.7 Å². The molecule has 1 N–H and O–H groups in total. The van der Waals surface area contributed by atoms with E-state index in [1.165, 1.54) is 16.3 Å². The zero-order valence-electron chi connectivity index (χ0n) is 16.8. The molecule has 3 nitrogen and oxygen atoms in total. The van der Waals surface area contributed by atoms with Crippen LogP contribution in [0, 0.1) is 5.92 Å². The molecule has 0 aromatic heterocycles. The number of halogens is 1. The smallest absolute Gasteiger partial charge is 0.0972 e. The molecule has 0 spiro atoms. The summed E-state index contributed by atoms with van der Waals surface area (Å²) in [4.78, 5) is 5.95. The lowest BCUT2D eigenvalue weighted by Gasteiger charge is -2.37. The van der Waals surface area contributed by atoms with E-state index in [1.54, 1.807) is 19.5 Å². The zero-order chi connectivity index (χ0) is 20.4. The van der Waals surface area contributed by atoms with Gasteiger partial charge in [0, 0.05) is 17.8 Å². The highest BCUT2D eigenvalue weighted by molar-refractivity contribution is 6.31. The van der Waals surface area contributed by atoms with Crippen molar-refractivity contribution in [3.63, 3.8) is 0 Å². The van der Waals surface area contributed by atoms with E-state index >= 15 is 0 Å². The van der Waals surface area contributed by atoms with Crippen LogP contribution < -0.4 is 0 Å². The monoisotopic (exact) mass is 406 g/mol. The summed E-state index contributed by atoms with van der Waals surface area (Å²) in [5, 5.41) is 14.4. The van der Waals surface area contributed by atoms with Gasteiger partial charge in [-0.25, -0.2) is 0 Å². The van der Waals surface area contributed by atoms with Crippen LogP contribution >= 0.6 is 11.6 Å². The van der Waals surface area contributed by atoms with Crippen molar-refractivity contribution in [1.29, 1.82) is 0 Å². The minimum atomic E-state index is -0.583. The minimum absolute atomic E-state index is 0.204. The Bertz CT molecular complexity index is 994. The van der Waals surface area contributed by atoms with Crippen LogP contribution in [0.1, 0.15) is 37.2 Å². The lowest BCUT2D eigenvalue weighted by atomic mass is 9.75. The third kappa shape index (κ3) is 4.03. The summed E-state index contributed by atoms with van der Waals surface area (Å²) in [7, 11) is 1.71. The zero-order valence-corrected chi connectivity index (χ0v) is 17.5. The predicted octanol–water partition coefficient (Wildman–Crippen LogP) is 5.97. The fourth-order valence-electron chi connectivity index (χ4n) is 4.73. The van der Waals surface area contributed by atoms with Gasteiger partial charge in [-0.15, -0.1) is 0 Å². The first-order chi connectivity index (χ1) is 14.1. The lowest BCUT2D eigenvalue weighted by molar-refractivity contribution is 0.0967. The maximum absolute atomic E-state index is 11.2. The summed E-state index contributed by atoms with van der Waals surface area (Å²) >= 11 is 6.26. The Morgan fingerprint density at radius 3 is 2.59 bits per heavy atom. The number of aliphatic imine (C=N–C) groups is 1. The van der Waals surface area contributed by atoms with Crippen LogP contribution in [0.25, 0.3) is 10.8 Å². The third-order valence-electron chi connectivity index (χ3n) is 6.19. The number of aliphatic hydroxyl groups excluding tert-OH is 1. The molecule has 1 fully saturated rings. The molecule has 2 aromatic carbocycles. The Hall–Kier alpha value is -2.36. The number of allylic oxidation sites excluding steroid dienone is 3. The largest absolute Gasteiger partial charge is 0.387 e. The van der Waals surface area contributed by atoms with E-state index < -0.39 is 6.10 Å². The maximum atomic E-state index is 11.2. The van der Waals surface area contributed by atoms with Gasteiger partial charge in [-0.1, -0.05) is 60.6 Å². The van der Waals surface area contributed by atoms with Crippen molar-refractivity contribution in [1.82, 2.24) is 4.90 Å². The molecule has 29 heavy (non-hydrogen) atoms. The normalized spacial score (nSPS) is 24.0. The summed E-state index contributed by atoms with van der Waals surface area (Å²) in [6.45, 7) is 4.04. The molecule has 1 aliphatic heterocycles. The number of hydrogen-bond donors (Lipinski definition) is 1. The molecule has 0 radical (unpaired) electrons. The first-order valence-corrected chi connectivity index (χ1v) is 10.6. The number of benzene rings is 2. The molecule has 4 heteroatoms. The van der Waals surface area contributed by atoms with Gasteiger partial charge in [-0.05, 0) is 66.0 Å². The first-order valence-electron chi connectivity index (χ1n) is 10.2. The third-order valence-corrected chi connectivity index (χ3v) is 6.41. The fourth-order valence-corrected chi connectivity index (χ4v) is 4.96. The Kier molecular flexibility index (Phi) is 5.89. The van der Waals surface area contributed by atoms with Crippen LogP contribution in [0.4, 0.5) is 0 Å². The van der Waals surface area contributed by atoms with Crippen LogP contribution in [0.15, 0.2) is 82.6 Å². The standard InChI is InChI=1S/C25H27ClN2O/c1-17-14-21(26)15-24(28(17)16-27-2)25(29)20-12-10-19(11-13-20)23-9-5-7-18-6-3-4-8-22(18)23/h3-9,14-16,19-20,25,29H,1,10-13H2,2H3. The van der Waals surface area contributed by atoms with Crippen molar-refractivity contribution in [2.24, 2.45) is 10.9 Å². The van der Waals surface area contributed by atoms with Crippen LogP contribution in [0.5, 0.6) is 0 Å². The van der Waals surface area contributed by atoms with Gasteiger partial charge in [0.15, 0.2) is 0 Å². The quantitative estimate of drug-likeness (QED) is 0.501. The molecule has 150 valence electrons. The van der Waals surface area contributed by atoms with Crippen molar-refractivity contribution in [2.75, 3.05) is 7.05 Å². The molecule has 1 saturated carbocycles. The average Bonchev–Trinajstić information content (AvgIpc) is 2.75. The number of aliphatic hydroxyl groups is 1. The van der Waals surface area contributed by atoms with E-state index in [4.69, 9.17) is 11.6 Å². The predicted molar refractivity (Wildman–Crippen MR) is 122 cm³/mol. The van der Waals surface area contributed by atoms with Gasteiger partial charge >= 0.3 is 0 Å². The van der Waals surface area contributed by atoms with E-state index in [0.29, 0.717) is 11.0 Å². The molecule has 0 amide bonds. The average molecular weight is 407 g/mol. The Balaban J connectivity index is 1.50. The summed E-state index contributed by atoms with van der Waals surface area (Å²) in [6.07, 6.45) is 8.86. The molecular weight excluding hydrogens is 380 g/mol. The van der Waals surface area contributed by atoms with Crippen molar-refractivity contribution in [3.05, 3.63) is 83.2 Å². The van der Waals surface area contributed by atoms with Crippen molar-refractivity contribution < 1.29 is 5.11 Å². The van der Waals surface area contributed by atoms with E-state index in [9.17, 15) is 5.11 Å². The molecule has 2 aliphatic rings. The highest BCUT2D eigenvalue weighted by Gasteiger charge is 2.32. The molecule has 0 saturated heterocycles. The molecule has 0 bridgehead atoms. The second kappa shape index (κ2) is 8.56. The molecule has 2 aromatic rings. The highest BCUT2D eigenvalue weighted by atomic mass is 35.5. The van der Waals surface area contributed by atoms with Gasteiger partial charge in [-0.2, -0.15) is 0 Å². The second-order valence-corrected chi connectivity index (χ2v) is 8.39. The van der Waals surface area contributed by atoms with Crippen LogP contribution in [-0.2, 0) is 0 Å². The number of nitrogens with zero attached hydrogens (tertiary/aromatic N) is 2. The van der Waals surface area contributed by atoms with E-state index in [-0.39, 0.29) is 5.92 Å².